The van der Waals surface area contributed by atoms with Gasteiger partial charge >= 0.3 is 0 Å². The second kappa shape index (κ2) is 8.06. The van der Waals surface area contributed by atoms with Gasteiger partial charge in [0.15, 0.2) is 0 Å². The van der Waals surface area contributed by atoms with Gasteiger partial charge in [0.2, 0.25) is 0 Å². The summed E-state index contributed by atoms with van der Waals surface area (Å²) in [5.41, 5.74) is 0.473. The van der Waals surface area contributed by atoms with Gasteiger partial charge in [-0.05, 0) is 11.6 Å². The van der Waals surface area contributed by atoms with Gasteiger partial charge in [-0.15, -0.1) is 5.10 Å². The van der Waals surface area contributed by atoms with Crippen LogP contribution < -0.4 is 0 Å². The molecule has 0 saturated carbocycles. The molecular weight excluding hydrogens is 404 g/mol. The van der Waals surface area contributed by atoms with Crippen molar-refractivity contribution < 1.29 is 10.0 Å². The lowest BCUT2D eigenvalue weighted by Gasteiger charge is -2.29. The van der Waals surface area contributed by atoms with Crippen molar-refractivity contribution in [3.8, 4) is 11.3 Å². The number of nitrogens with zero attached hydrogens (tertiary/aromatic N) is 4. The Balaban J connectivity index is 1.80. The van der Waals surface area contributed by atoms with Crippen molar-refractivity contribution in [3.63, 3.8) is 0 Å². The van der Waals surface area contributed by atoms with E-state index in [2.05, 4.69) is 10.3 Å². The molecule has 0 aliphatic heterocycles. The predicted octanol–water partition coefficient (Wildman–Crippen LogP) is 4.44. The minimum atomic E-state index is -1.66. The fraction of sp³-hybridized carbons (Fsp3) is 0.0909. The molecule has 0 saturated heterocycles. The molecule has 3 aromatic carbocycles. The molecule has 7 nitrogen and oxygen atoms in total. The predicted molar refractivity (Wildman–Crippen MR) is 113 cm³/mol. The number of hydrogen-bond donors (Lipinski definition) is 1. The second-order valence-electron chi connectivity index (χ2n) is 6.81. The van der Waals surface area contributed by atoms with Gasteiger partial charge < -0.3 is 5.11 Å². The van der Waals surface area contributed by atoms with Gasteiger partial charge in [0, 0.05) is 28.3 Å². The van der Waals surface area contributed by atoms with E-state index in [0.29, 0.717) is 11.3 Å². The number of aliphatic hydroxyl groups is 1. The summed E-state index contributed by atoms with van der Waals surface area (Å²) in [4.78, 5) is 10.8. The number of nitro groups is 1. The number of benzene rings is 3. The summed E-state index contributed by atoms with van der Waals surface area (Å²) < 4.78 is 1.50. The van der Waals surface area contributed by atoms with Crippen LogP contribution in [0, 0.1) is 10.1 Å². The van der Waals surface area contributed by atoms with Crippen molar-refractivity contribution in [3.05, 3.63) is 111 Å². The van der Waals surface area contributed by atoms with Crippen LogP contribution in [0.15, 0.2) is 85.1 Å². The van der Waals surface area contributed by atoms with Crippen LogP contribution in [-0.4, -0.2) is 25.0 Å². The summed E-state index contributed by atoms with van der Waals surface area (Å²) in [6.45, 7) is -0.0300. The van der Waals surface area contributed by atoms with E-state index in [0.717, 1.165) is 5.56 Å². The van der Waals surface area contributed by atoms with Gasteiger partial charge in [-0.2, -0.15) is 0 Å². The Bertz CT molecular complexity index is 1180. The summed E-state index contributed by atoms with van der Waals surface area (Å²) in [6.07, 6.45) is 1.72. The first-order chi connectivity index (χ1) is 14.5. The van der Waals surface area contributed by atoms with Crippen LogP contribution in [-0.2, 0) is 12.1 Å². The highest BCUT2D eigenvalue weighted by atomic mass is 35.5. The van der Waals surface area contributed by atoms with Crippen LogP contribution in [0.3, 0.4) is 0 Å². The van der Waals surface area contributed by atoms with Crippen LogP contribution in [0.25, 0.3) is 11.3 Å². The summed E-state index contributed by atoms with van der Waals surface area (Å²) in [5.74, 6) is 0. The van der Waals surface area contributed by atoms with E-state index in [9.17, 15) is 15.2 Å². The molecule has 0 aliphatic rings. The first kappa shape index (κ1) is 19.8. The molecule has 0 spiro atoms. The molecule has 0 aliphatic carbocycles. The first-order valence-electron chi connectivity index (χ1n) is 9.15. The van der Waals surface area contributed by atoms with Crippen molar-refractivity contribution in [2.45, 2.75) is 12.1 Å². The molecule has 1 aromatic heterocycles. The Morgan fingerprint density at radius 2 is 1.70 bits per heavy atom. The van der Waals surface area contributed by atoms with Gasteiger partial charge in [-0.3, -0.25) is 10.1 Å². The molecule has 1 N–H and O–H groups in total. The molecule has 1 unspecified atom stereocenters. The third-order valence-corrected chi connectivity index (χ3v) is 5.19. The normalized spacial score (nSPS) is 13.0. The fourth-order valence-corrected chi connectivity index (χ4v) is 3.61. The number of aromatic nitrogens is 3. The monoisotopic (exact) mass is 420 g/mol. The van der Waals surface area contributed by atoms with Gasteiger partial charge in [-0.25, -0.2) is 4.68 Å². The van der Waals surface area contributed by atoms with Gasteiger partial charge in [0.1, 0.15) is 11.3 Å². The number of non-ortho nitro benzene ring substituents is 1. The molecule has 0 bridgehead atoms. The Kier molecular flexibility index (Phi) is 5.31. The minimum absolute atomic E-state index is 0.0300. The minimum Gasteiger partial charge on any atom is -0.378 e. The standard InChI is InChI=1S/C22H17ClN4O3/c23-20-12-11-18(27(29)30)13-19(20)22(28,17-9-5-2-6-10-17)15-26-14-21(24-25-26)16-7-3-1-4-8-16/h1-14,28H,15H2. The Labute approximate surface area is 177 Å². The van der Waals surface area contributed by atoms with E-state index < -0.39 is 10.5 Å². The summed E-state index contributed by atoms with van der Waals surface area (Å²) in [5, 5.41) is 31.6. The molecule has 150 valence electrons. The number of rotatable bonds is 6. The molecule has 1 atom stereocenters. The molecule has 4 aromatic rings. The van der Waals surface area contributed by atoms with Crippen LogP contribution in [0.2, 0.25) is 5.02 Å². The van der Waals surface area contributed by atoms with E-state index >= 15 is 0 Å². The maximum absolute atomic E-state index is 11.8. The van der Waals surface area contributed by atoms with Crippen LogP contribution in [0.1, 0.15) is 11.1 Å². The molecule has 0 amide bonds. The maximum Gasteiger partial charge on any atom is 0.269 e. The SMILES string of the molecule is O=[N+]([O-])c1ccc(Cl)c(C(O)(Cn2cc(-c3ccccc3)nn2)c2ccccc2)c1. The zero-order chi connectivity index (χ0) is 21.1. The van der Waals surface area contributed by atoms with E-state index in [1.807, 2.05) is 36.4 Å². The molecule has 30 heavy (non-hydrogen) atoms. The van der Waals surface area contributed by atoms with Crippen molar-refractivity contribution in [2.24, 2.45) is 0 Å². The highest BCUT2D eigenvalue weighted by Crippen LogP contribution is 2.37. The topological polar surface area (TPSA) is 94.1 Å². The van der Waals surface area contributed by atoms with Gasteiger partial charge in [-0.1, -0.05) is 77.5 Å². The largest absolute Gasteiger partial charge is 0.378 e. The Hall–Kier alpha value is -3.55. The Morgan fingerprint density at radius 1 is 1.03 bits per heavy atom. The average molecular weight is 421 g/mol. The van der Waals surface area contributed by atoms with Crippen molar-refractivity contribution in [1.82, 2.24) is 15.0 Å². The quantitative estimate of drug-likeness (QED) is 0.367. The smallest absolute Gasteiger partial charge is 0.269 e. The first-order valence-corrected chi connectivity index (χ1v) is 9.53. The molecule has 4 rings (SSSR count). The lowest BCUT2D eigenvalue weighted by molar-refractivity contribution is -0.385. The lowest BCUT2D eigenvalue weighted by atomic mass is 9.86. The molecule has 1 heterocycles. The van der Waals surface area contributed by atoms with Crippen molar-refractivity contribution in [2.75, 3.05) is 0 Å². The fourth-order valence-electron chi connectivity index (χ4n) is 3.34. The maximum atomic E-state index is 11.8. The second-order valence-corrected chi connectivity index (χ2v) is 7.22. The third-order valence-electron chi connectivity index (χ3n) is 4.86. The van der Waals surface area contributed by atoms with E-state index in [4.69, 9.17) is 11.6 Å². The average Bonchev–Trinajstić information content (AvgIpc) is 3.23. The Morgan fingerprint density at radius 3 is 2.37 bits per heavy atom. The van der Waals surface area contributed by atoms with E-state index in [1.54, 1.807) is 30.5 Å². The number of nitro benzene ring substituents is 1. The zero-order valence-corrected chi connectivity index (χ0v) is 16.5. The lowest BCUT2D eigenvalue weighted by Crippen LogP contribution is -2.33. The zero-order valence-electron chi connectivity index (χ0n) is 15.7. The summed E-state index contributed by atoms with van der Waals surface area (Å²) >= 11 is 6.37. The summed E-state index contributed by atoms with van der Waals surface area (Å²) in [6, 6.07) is 22.4. The van der Waals surface area contributed by atoms with Crippen LogP contribution >= 0.6 is 11.6 Å². The van der Waals surface area contributed by atoms with Gasteiger partial charge in [0.25, 0.3) is 5.69 Å². The number of halogens is 1. The third kappa shape index (κ3) is 3.80. The van der Waals surface area contributed by atoms with Crippen molar-refractivity contribution >= 4 is 17.3 Å². The summed E-state index contributed by atoms with van der Waals surface area (Å²) in [7, 11) is 0. The highest BCUT2D eigenvalue weighted by molar-refractivity contribution is 6.31. The van der Waals surface area contributed by atoms with Crippen molar-refractivity contribution in [1.29, 1.82) is 0 Å². The molecular formula is C22H17ClN4O3. The van der Waals surface area contributed by atoms with Gasteiger partial charge in [0.05, 0.1) is 17.7 Å². The molecule has 0 radical (unpaired) electrons. The van der Waals surface area contributed by atoms with Crippen LogP contribution in [0.4, 0.5) is 5.69 Å². The van der Waals surface area contributed by atoms with Crippen LogP contribution in [0.5, 0.6) is 0 Å². The molecule has 0 fully saturated rings. The van der Waals surface area contributed by atoms with E-state index in [-0.39, 0.29) is 22.8 Å². The highest BCUT2D eigenvalue weighted by Gasteiger charge is 2.36. The number of hydrogen-bond acceptors (Lipinski definition) is 5. The molecule has 8 heteroatoms. The van der Waals surface area contributed by atoms with E-state index in [1.165, 1.54) is 22.9 Å².